The summed E-state index contributed by atoms with van der Waals surface area (Å²) in [7, 11) is 1.80. The highest BCUT2D eigenvalue weighted by molar-refractivity contribution is 5.93. The number of carbonyl (C=O) groups excluding carboxylic acids is 2. The summed E-state index contributed by atoms with van der Waals surface area (Å²) in [6.45, 7) is 2.28. The summed E-state index contributed by atoms with van der Waals surface area (Å²) < 4.78 is 1.63. The van der Waals surface area contributed by atoms with Crippen molar-refractivity contribution in [3.63, 3.8) is 0 Å². The molecule has 1 aliphatic heterocycles. The molecule has 0 spiro atoms. The lowest BCUT2D eigenvalue weighted by atomic mass is 9.65. The second kappa shape index (κ2) is 8.23. The molecule has 2 unspecified atom stereocenters. The van der Waals surface area contributed by atoms with E-state index in [1.165, 1.54) is 19.3 Å². The lowest BCUT2D eigenvalue weighted by Gasteiger charge is -2.45. The number of fused-ring (bicyclic) bond motifs is 2. The van der Waals surface area contributed by atoms with Crippen LogP contribution in [0.4, 0.5) is 0 Å². The molecule has 4 rings (SSSR count). The third-order valence-corrected chi connectivity index (χ3v) is 7.21. The predicted molar refractivity (Wildman–Crippen MR) is 106 cm³/mol. The van der Waals surface area contributed by atoms with E-state index in [9.17, 15) is 9.59 Å². The van der Waals surface area contributed by atoms with Gasteiger partial charge in [-0.1, -0.05) is 6.42 Å². The van der Waals surface area contributed by atoms with Crippen LogP contribution < -0.4 is 11.1 Å². The Bertz CT molecular complexity index is 695. The second-order valence-corrected chi connectivity index (χ2v) is 9.08. The van der Waals surface area contributed by atoms with Gasteiger partial charge in [-0.05, 0) is 56.3 Å². The Labute approximate surface area is 167 Å². The Morgan fingerprint density at radius 3 is 2.46 bits per heavy atom. The summed E-state index contributed by atoms with van der Waals surface area (Å²) in [4.78, 5) is 27.3. The molecule has 3 aliphatic rings. The van der Waals surface area contributed by atoms with Crippen LogP contribution in [0.2, 0.25) is 0 Å². The van der Waals surface area contributed by atoms with Crippen molar-refractivity contribution >= 4 is 11.8 Å². The van der Waals surface area contributed by atoms with Gasteiger partial charge < -0.3 is 16.0 Å². The van der Waals surface area contributed by atoms with E-state index < -0.39 is 0 Å². The number of rotatable bonds is 4. The first-order valence-electron chi connectivity index (χ1n) is 10.8. The molecule has 3 fully saturated rings. The van der Waals surface area contributed by atoms with Gasteiger partial charge in [0.2, 0.25) is 5.91 Å². The fourth-order valence-electron chi connectivity index (χ4n) is 5.48. The highest BCUT2D eigenvalue weighted by atomic mass is 16.2. The van der Waals surface area contributed by atoms with Crippen LogP contribution in [0.1, 0.15) is 55.3 Å². The highest BCUT2D eigenvalue weighted by Crippen LogP contribution is 2.42. The van der Waals surface area contributed by atoms with Gasteiger partial charge in [-0.2, -0.15) is 5.10 Å². The lowest BCUT2D eigenvalue weighted by Crippen LogP contribution is -2.51. The fraction of sp³-hybridized carbons (Fsp3) is 0.762. The zero-order chi connectivity index (χ0) is 19.7. The minimum absolute atomic E-state index is 0.0725. The summed E-state index contributed by atoms with van der Waals surface area (Å²) in [6.07, 6.45) is 10.9. The average Bonchev–Trinajstić information content (AvgIpc) is 3.12. The van der Waals surface area contributed by atoms with Crippen LogP contribution in [0.3, 0.4) is 0 Å². The van der Waals surface area contributed by atoms with Gasteiger partial charge in [0.05, 0.1) is 11.8 Å². The van der Waals surface area contributed by atoms with Crippen LogP contribution in [0.25, 0.3) is 0 Å². The number of hydrogen-bond acceptors (Lipinski definition) is 4. The van der Waals surface area contributed by atoms with Crippen molar-refractivity contribution in [3.8, 4) is 0 Å². The molecule has 2 amide bonds. The van der Waals surface area contributed by atoms with E-state index in [4.69, 9.17) is 5.73 Å². The number of nitrogens with zero attached hydrogens (tertiary/aromatic N) is 3. The summed E-state index contributed by atoms with van der Waals surface area (Å²) in [5.74, 6) is 1.97. The number of amides is 2. The van der Waals surface area contributed by atoms with E-state index in [-0.39, 0.29) is 11.8 Å². The van der Waals surface area contributed by atoms with Gasteiger partial charge in [-0.15, -0.1) is 0 Å². The van der Waals surface area contributed by atoms with E-state index in [1.807, 2.05) is 0 Å². The standard InChI is InChI=1S/C21H33N5O2/c1-25-13-18(12-24-25)20(27)23-11-14-5-7-26(8-6-14)21(28)17-9-15-3-2-4-16(10-17)19(15)22/h12-17,19H,2-11,22H2,1H3,(H,23,27). The van der Waals surface area contributed by atoms with Gasteiger partial charge in [0.1, 0.15) is 0 Å². The molecule has 2 saturated carbocycles. The number of likely N-dealkylation sites (tertiary alicyclic amines) is 1. The topological polar surface area (TPSA) is 93.2 Å². The Kier molecular flexibility index (Phi) is 5.71. The summed E-state index contributed by atoms with van der Waals surface area (Å²) >= 11 is 0. The van der Waals surface area contributed by atoms with Crippen molar-refractivity contribution in [2.45, 2.75) is 51.0 Å². The minimum atomic E-state index is -0.0725. The first-order chi connectivity index (χ1) is 13.5. The van der Waals surface area contributed by atoms with E-state index in [0.717, 1.165) is 38.8 Å². The molecule has 1 saturated heterocycles. The van der Waals surface area contributed by atoms with Crippen LogP contribution >= 0.6 is 0 Å². The smallest absolute Gasteiger partial charge is 0.254 e. The Hall–Kier alpha value is -1.89. The lowest BCUT2D eigenvalue weighted by molar-refractivity contribution is -0.140. The largest absolute Gasteiger partial charge is 0.352 e. The van der Waals surface area contributed by atoms with E-state index >= 15 is 0 Å². The highest BCUT2D eigenvalue weighted by Gasteiger charge is 2.41. The monoisotopic (exact) mass is 387 g/mol. The van der Waals surface area contributed by atoms with E-state index in [1.54, 1.807) is 24.1 Å². The maximum absolute atomic E-state index is 13.1. The third-order valence-electron chi connectivity index (χ3n) is 7.21. The second-order valence-electron chi connectivity index (χ2n) is 9.08. The Balaban J connectivity index is 1.23. The van der Waals surface area contributed by atoms with Crippen molar-refractivity contribution in [1.29, 1.82) is 0 Å². The number of aryl methyl sites for hydroxylation is 1. The van der Waals surface area contributed by atoms with Crippen LogP contribution in [0.15, 0.2) is 12.4 Å². The summed E-state index contributed by atoms with van der Waals surface area (Å²) in [5, 5.41) is 7.05. The van der Waals surface area contributed by atoms with Crippen LogP contribution in [0.5, 0.6) is 0 Å². The normalized spacial score (nSPS) is 30.9. The fourth-order valence-corrected chi connectivity index (χ4v) is 5.48. The molecule has 2 aliphatic carbocycles. The predicted octanol–water partition coefficient (Wildman–Crippen LogP) is 1.54. The number of carbonyl (C=O) groups is 2. The Morgan fingerprint density at radius 1 is 1.18 bits per heavy atom. The molecule has 1 aromatic rings. The molecule has 2 atom stereocenters. The number of piperidine rings is 1. The van der Waals surface area contributed by atoms with Gasteiger partial charge >= 0.3 is 0 Å². The molecule has 1 aromatic heterocycles. The molecule has 2 bridgehead atoms. The SMILES string of the molecule is Cn1cc(C(=O)NCC2CCN(C(=O)C3CC4CCCC(C3)C4N)CC2)cn1. The molecule has 7 nitrogen and oxygen atoms in total. The molecule has 3 N–H and O–H groups in total. The molecule has 0 aromatic carbocycles. The molecule has 2 heterocycles. The molecule has 0 radical (unpaired) electrons. The molecule has 154 valence electrons. The van der Waals surface area contributed by atoms with Gasteiger partial charge in [0.25, 0.3) is 5.91 Å². The molecular weight excluding hydrogens is 354 g/mol. The van der Waals surface area contributed by atoms with Crippen LogP contribution in [0, 0.1) is 23.7 Å². The first-order valence-corrected chi connectivity index (χ1v) is 10.8. The summed E-state index contributed by atoms with van der Waals surface area (Å²) in [6, 6.07) is 0.312. The molecule has 7 heteroatoms. The van der Waals surface area contributed by atoms with Gasteiger partial charge in [0.15, 0.2) is 0 Å². The van der Waals surface area contributed by atoms with Crippen molar-refractivity contribution in [1.82, 2.24) is 20.0 Å². The maximum atomic E-state index is 13.1. The van der Waals surface area contributed by atoms with Crippen molar-refractivity contribution in [2.24, 2.45) is 36.5 Å². The van der Waals surface area contributed by atoms with Crippen LogP contribution in [-0.4, -0.2) is 52.2 Å². The number of nitrogens with two attached hydrogens (primary N) is 1. The van der Waals surface area contributed by atoms with Crippen molar-refractivity contribution in [3.05, 3.63) is 18.0 Å². The van der Waals surface area contributed by atoms with Crippen molar-refractivity contribution in [2.75, 3.05) is 19.6 Å². The first kappa shape index (κ1) is 19.4. The van der Waals surface area contributed by atoms with Crippen LogP contribution in [-0.2, 0) is 11.8 Å². The quantitative estimate of drug-likeness (QED) is 0.820. The number of hydrogen-bond donors (Lipinski definition) is 2. The van der Waals surface area contributed by atoms with E-state index in [0.29, 0.717) is 41.8 Å². The minimum Gasteiger partial charge on any atom is -0.352 e. The molecule has 28 heavy (non-hydrogen) atoms. The number of aromatic nitrogens is 2. The summed E-state index contributed by atoms with van der Waals surface area (Å²) in [5.41, 5.74) is 6.97. The van der Waals surface area contributed by atoms with Gasteiger partial charge in [-0.25, -0.2) is 0 Å². The van der Waals surface area contributed by atoms with Gasteiger partial charge in [-0.3, -0.25) is 14.3 Å². The van der Waals surface area contributed by atoms with E-state index in [2.05, 4.69) is 15.3 Å². The zero-order valence-electron chi connectivity index (χ0n) is 16.8. The van der Waals surface area contributed by atoms with Gasteiger partial charge in [0, 0.05) is 44.8 Å². The zero-order valence-corrected chi connectivity index (χ0v) is 16.8. The average molecular weight is 388 g/mol. The number of nitrogens with one attached hydrogen (secondary N) is 1. The molecular formula is C21H33N5O2. The van der Waals surface area contributed by atoms with Crippen molar-refractivity contribution < 1.29 is 9.59 Å². The Morgan fingerprint density at radius 2 is 1.86 bits per heavy atom. The third kappa shape index (κ3) is 4.09. The maximum Gasteiger partial charge on any atom is 0.254 e.